The predicted molar refractivity (Wildman–Crippen MR) is 77.6 cm³/mol. The van der Waals surface area contributed by atoms with Crippen LogP contribution in [-0.2, 0) is 4.79 Å². The lowest BCUT2D eigenvalue weighted by molar-refractivity contribution is -0.143. The highest BCUT2D eigenvalue weighted by atomic mass is 16.4. The molecule has 0 aromatic carbocycles. The molecule has 1 fully saturated rings. The van der Waals surface area contributed by atoms with E-state index in [4.69, 9.17) is 5.11 Å². The van der Waals surface area contributed by atoms with Crippen LogP contribution in [-0.4, -0.2) is 49.7 Å². The number of hydrogen-bond acceptors (Lipinski definition) is 4. The molecule has 0 radical (unpaired) electrons. The minimum atomic E-state index is -0.851. The molecule has 1 saturated heterocycles. The first-order valence-electron chi connectivity index (χ1n) is 7.13. The maximum atomic E-state index is 12.5. The lowest BCUT2D eigenvalue weighted by atomic mass is 9.98. The van der Waals surface area contributed by atoms with Gasteiger partial charge in [-0.1, -0.05) is 0 Å². The number of nitrogens with zero attached hydrogens (tertiary/aromatic N) is 4. The third kappa shape index (κ3) is 2.83. The molecule has 1 atom stereocenters. The van der Waals surface area contributed by atoms with Crippen LogP contribution < -0.4 is 0 Å². The Hall–Kier alpha value is -2.70. The summed E-state index contributed by atoms with van der Waals surface area (Å²) in [5.74, 6) is -1.58. The minimum absolute atomic E-state index is 0.236. The Bertz CT molecular complexity index is 684. The van der Waals surface area contributed by atoms with Crippen LogP contribution in [0.15, 0.2) is 36.8 Å². The van der Waals surface area contributed by atoms with Crippen LogP contribution in [0.2, 0.25) is 0 Å². The van der Waals surface area contributed by atoms with Crippen LogP contribution in [0.1, 0.15) is 23.3 Å². The van der Waals surface area contributed by atoms with Gasteiger partial charge in [0.25, 0.3) is 5.91 Å². The maximum Gasteiger partial charge on any atom is 0.308 e. The van der Waals surface area contributed by atoms with E-state index in [-0.39, 0.29) is 12.5 Å². The fourth-order valence-corrected chi connectivity index (χ4v) is 2.63. The van der Waals surface area contributed by atoms with Crippen molar-refractivity contribution in [2.75, 3.05) is 13.1 Å². The highest BCUT2D eigenvalue weighted by molar-refractivity contribution is 5.93. The second kappa shape index (κ2) is 5.97. The highest BCUT2D eigenvalue weighted by Crippen LogP contribution is 2.19. The number of carbonyl (C=O) groups is 2. The van der Waals surface area contributed by atoms with Gasteiger partial charge in [0.15, 0.2) is 0 Å². The zero-order valence-electron chi connectivity index (χ0n) is 11.9. The van der Waals surface area contributed by atoms with E-state index in [1.54, 1.807) is 46.4 Å². The Morgan fingerprint density at radius 2 is 2.18 bits per heavy atom. The number of piperidine rings is 1. The van der Waals surface area contributed by atoms with E-state index in [1.807, 2.05) is 0 Å². The van der Waals surface area contributed by atoms with Gasteiger partial charge in [-0.25, -0.2) is 4.68 Å². The van der Waals surface area contributed by atoms with Gasteiger partial charge in [0.05, 0.1) is 11.6 Å². The average molecular weight is 300 g/mol. The molecule has 1 aliphatic rings. The number of carboxylic acids is 1. The summed E-state index contributed by atoms with van der Waals surface area (Å²) in [4.78, 5) is 29.3. The fraction of sp³-hybridized carbons (Fsp3) is 0.333. The van der Waals surface area contributed by atoms with Crippen molar-refractivity contribution in [3.05, 3.63) is 42.5 Å². The first kappa shape index (κ1) is 14.2. The lowest BCUT2D eigenvalue weighted by Crippen LogP contribution is -2.42. The van der Waals surface area contributed by atoms with Crippen LogP contribution in [0.5, 0.6) is 0 Å². The molecule has 3 heterocycles. The standard InChI is InChI=1S/C15H16N4O3/c20-14(18-7-1-3-11(10-18)15(21)22)13-9-12(4-6-16-13)19-8-2-5-17-19/h2,4-6,8-9,11H,1,3,7,10H2,(H,21,22). The van der Waals surface area contributed by atoms with E-state index in [0.717, 1.165) is 5.69 Å². The summed E-state index contributed by atoms with van der Waals surface area (Å²) in [5, 5.41) is 13.2. The molecule has 1 unspecified atom stereocenters. The summed E-state index contributed by atoms with van der Waals surface area (Å²) in [7, 11) is 0. The monoisotopic (exact) mass is 300 g/mol. The van der Waals surface area contributed by atoms with Gasteiger partial charge in [-0.2, -0.15) is 5.10 Å². The van der Waals surface area contributed by atoms with Crippen LogP contribution in [0.25, 0.3) is 5.69 Å². The smallest absolute Gasteiger partial charge is 0.308 e. The number of aromatic nitrogens is 3. The average Bonchev–Trinajstić information content (AvgIpc) is 3.09. The SMILES string of the molecule is O=C(O)C1CCCN(C(=O)c2cc(-n3cccn3)ccn2)C1. The van der Waals surface area contributed by atoms with Crippen LogP contribution >= 0.6 is 0 Å². The number of amides is 1. The molecule has 114 valence electrons. The van der Waals surface area contributed by atoms with Crippen molar-refractivity contribution in [2.24, 2.45) is 5.92 Å². The van der Waals surface area contributed by atoms with Crippen molar-refractivity contribution in [1.29, 1.82) is 0 Å². The van der Waals surface area contributed by atoms with Crippen molar-refractivity contribution >= 4 is 11.9 Å². The van der Waals surface area contributed by atoms with E-state index < -0.39 is 11.9 Å². The van der Waals surface area contributed by atoms with Gasteiger partial charge in [-0.05, 0) is 31.0 Å². The van der Waals surface area contributed by atoms with Crippen LogP contribution in [0.3, 0.4) is 0 Å². The molecule has 2 aromatic heterocycles. The Balaban J connectivity index is 1.80. The van der Waals surface area contributed by atoms with E-state index in [1.165, 1.54) is 0 Å². The number of rotatable bonds is 3. The number of carbonyl (C=O) groups excluding carboxylic acids is 1. The van der Waals surface area contributed by atoms with Crippen molar-refractivity contribution in [3.8, 4) is 5.69 Å². The van der Waals surface area contributed by atoms with Gasteiger partial charge in [0.2, 0.25) is 0 Å². The van der Waals surface area contributed by atoms with Crippen molar-refractivity contribution in [2.45, 2.75) is 12.8 Å². The largest absolute Gasteiger partial charge is 0.481 e. The van der Waals surface area contributed by atoms with Crippen LogP contribution in [0, 0.1) is 5.92 Å². The van der Waals surface area contributed by atoms with Gasteiger partial charge >= 0.3 is 5.97 Å². The molecule has 0 saturated carbocycles. The lowest BCUT2D eigenvalue weighted by Gasteiger charge is -2.30. The highest BCUT2D eigenvalue weighted by Gasteiger charge is 2.29. The molecule has 7 nitrogen and oxygen atoms in total. The first-order chi connectivity index (χ1) is 10.6. The Morgan fingerprint density at radius 1 is 1.32 bits per heavy atom. The van der Waals surface area contributed by atoms with Gasteiger partial charge in [-0.3, -0.25) is 14.6 Å². The molecule has 0 aliphatic carbocycles. The fourth-order valence-electron chi connectivity index (χ4n) is 2.63. The quantitative estimate of drug-likeness (QED) is 0.920. The summed E-state index contributed by atoms with van der Waals surface area (Å²) in [6.45, 7) is 0.804. The Kier molecular flexibility index (Phi) is 3.86. The molecule has 0 spiro atoms. The molecule has 7 heteroatoms. The molecular formula is C15H16N4O3. The number of carboxylic acid groups (broad SMARTS) is 1. The van der Waals surface area contributed by atoms with Gasteiger partial charge in [-0.15, -0.1) is 0 Å². The van der Waals surface area contributed by atoms with E-state index >= 15 is 0 Å². The molecular weight excluding hydrogens is 284 g/mol. The Morgan fingerprint density at radius 3 is 2.91 bits per heavy atom. The second-order valence-corrected chi connectivity index (χ2v) is 5.28. The number of pyridine rings is 1. The minimum Gasteiger partial charge on any atom is -0.481 e. The molecule has 1 amide bonds. The summed E-state index contributed by atoms with van der Waals surface area (Å²) in [5.41, 5.74) is 1.05. The summed E-state index contributed by atoms with van der Waals surface area (Å²) in [6.07, 6.45) is 6.30. The third-order valence-electron chi connectivity index (χ3n) is 3.79. The normalized spacial score (nSPS) is 18.2. The van der Waals surface area contributed by atoms with Crippen molar-refractivity contribution in [1.82, 2.24) is 19.7 Å². The zero-order chi connectivity index (χ0) is 15.5. The topological polar surface area (TPSA) is 88.3 Å². The summed E-state index contributed by atoms with van der Waals surface area (Å²) in [6, 6.07) is 5.23. The molecule has 3 rings (SSSR count). The molecule has 2 aromatic rings. The van der Waals surface area contributed by atoms with E-state index in [9.17, 15) is 9.59 Å². The first-order valence-corrected chi connectivity index (χ1v) is 7.13. The van der Waals surface area contributed by atoms with Crippen molar-refractivity contribution in [3.63, 3.8) is 0 Å². The van der Waals surface area contributed by atoms with E-state index in [2.05, 4.69) is 10.1 Å². The number of likely N-dealkylation sites (tertiary alicyclic amines) is 1. The maximum absolute atomic E-state index is 12.5. The number of hydrogen-bond donors (Lipinski definition) is 1. The second-order valence-electron chi connectivity index (χ2n) is 5.28. The molecule has 22 heavy (non-hydrogen) atoms. The molecule has 1 aliphatic heterocycles. The van der Waals surface area contributed by atoms with Gasteiger partial charge in [0, 0.05) is 31.7 Å². The molecule has 1 N–H and O–H groups in total. The van der Waals surface area contributed by atoms with Gasteiger partial charge in [0.1, 0.15) is 5.69 Å². The van der Waals surface area contributed by atoms with Gasteiger partial charge < -0.3 is 10.0 Å². The predicted octanol–water partition coefficient (Wildman–Crippen LogP) is 1.20. The Labute approximate surface area is 127 Å². The zero-order valence-corrected chi connectivity index (χ0v) is 11.9. The third-order valence-corrected chi connectivity index (χ3v) is 3.79. The summed E-state index contributed by atoms with van der Waals surface area (Å²) < 4.78 is 1.65. The van der Waals surface area contributed by atoms with E-state index in [0.29, 0.717) is 25.1 Å². The summed E-state index contributed by atoms with van der Waals surface area (Å²) >= 11 is 0. The number of aliphatic carboxylic acids is 1. The molecule has 0 bridgehead atoms. The van der Waals surface area contributed by atoms with Crippen LogP contribution in [0.4, 0.5) is 0 Å². The van der Waals surface area contributed by atoms with Crippen molar-refractivity contribution < 1.29 is 14.7 Å².